The van der Waals surface area contributed by atoms with Crippen LogP contribution in [0.1, 0.15) is 26.3 Å². The molecule has 0 saturated heterocycles. The number of nitrogens with one attached hydrogen (secondary N) is 1. The molecule has 5 nitrogen and oxygen atoms in total. The lowest BCUT2D eigenvalue weighted by Gasteiger charge is -2.19. The van der Waals surface area contributed by atoms with Crippen LogP contribution in [0, 0.1) is 0 Å². The molecule has 0 radical (unpaired) electrons. The third kappa shape index (κ3) is 5.46. The maximum Gasteiger partial charge on any atom is 0.234 e. The van der Waals surface area contributed by atoms with Gasteiger partial charge in [0.1, 0.15) is 0 Å². The molecule has 0 fully saturated rings. The Labute approximate surface area is 213 Å². The first-order valence-corrected chi connectivity index (χ1v) is 12.5. The number of halogens is 2. The predicted octanol–water partition coefficient (Wildman–Crippen LogP) is 7.27. The van der Waals surface area contributed by atoms with Crippen molar-refractivity contribution in [2.24, 2.45) is 0 Å². The molecular formula is C26H24Cl2N4OS. The average Bonchev–Trinajstić information content (AvgIpc) is 3.21. The van der Waals surface area contributed by atoms with Crippen molar-refractivity contribution in [2.45, 2.75) is 31.3 Å². The van der Waals surface area contributed by atoms with Crippen molar-refractivity contribution in [3.05, 3.63) is 88.4 Å². The van der Waals surface area contributed by atoms with E-state index in [9.17, 15) is 4.79 Å². The Kier molecular flexibility index (Phi) is 7.31. The van der Waals surface area contributed by atoms with E-state index in [1.807, 2.05) is 65.2 Å². The monoisotopic (exact) mass is 510 g/mol. The minimum atomic E-state index is -0.137. The smallest absolute Gasteiger partial charge is 0.234 e. The van der Waals surface area contributed by atoms with Gasteiger partial charge in [-0.15, -0.1) is 10.2 Å². The molecule has 174 valence electrons. The average molecular weight is 511 g/mol. The molecular weight excluding hydrogens is 487 g/mol. The van der Waals surface area contributed by atoms with Crippen LogP contribution in [-0.2, 0) is 10.2 Å². The number of carbonyl (C=O) groups is 1. The summed E-state index contributed by atoms with van der Waals surface area (Å²) in [7, 11) is 0. The molecule has 1 aromatic heterocycles. The first kappa shape index (κ1) is 24.3. The predicted molar refractivity (Wildman–Crippen MR) is 141 cm³/mol. The molecule has 0 bridgehead atoms. The second-order valence-corrected chi connectivity index (χ2v) is 10.5. The van der Waals surface area contributed by atoms with Crippen LogP contribution in [0.3, 0.4) is 0 Å². The van der Waals surface area contributed by atoms with Crippen LogP contribution in [0.4, 0.5) is 5.69 Å². The lowest BCUT2D eigenvalue weighted by Crippen LogP contribution is -2.15. The molecule has 0 aliphatic rings. The molecule has 4 aromatic rings. The minimum absolute atomic E-state index is 0.0561. The van der Waals surface area contributed by atoms with E-state index < -0.39 is 0 Å². The lowest BCUT2D eigenvalue weighted by molar-refractivity contribution is -0.113. The Morgan fingerprint density at radius 3 is 2.21 bits per heavy atom. The van der Waals surface area contributed by atoms with Gasteiger partial charge in [0.2, 0.25) is 5.91 Å². The Balaban J connectivity index is 1.57. The highest BCUT2D eigenvalue weighted by Crippen LogP contribution is 2.34. The molecule has 0 aliphatic heterocycles. The summed E-state index contributed by atoms with van der Waals surface area (Å²) in [6.45, 7) is 6.47. The van der Waals surface area contributed by atoms with Crippen molar-refractivity contribution in [3.8, 4) is 17.1 Å². The van der Waals surface area contributed by atoms with Gasteiger partial charge in [0.25, 0.3) is 0 Å². The number of para-hydroxylation sites is 1. The highest BCUT2D eigenvalue weighted by molar-refractivity contribution is 7.99. The molecule has 1 N–H and O–H groups in total. The zero-order valence-corrected chi connectivity index (χ0v) is 21.4. The molecule has 0 atom stereocenters. The summed E-state index contributed by atoms with van der Waals surface area (Å²) in [4.78, 5) is 12.7. The minimum Gasteiger partial charge on any atom is -0.325 e. The first-order valence-electron chi connectivity index (χ1n) is 10.7. The van der Waals surface area contributed by atoms with Crippen LogP contribution in [-0.4, -0.2) is 26.4 Å². The van der Waals surface area contributed by atoms with Crippen LogP contribution >= 0.6 is 35.0 Å². The number of rotatable bonds is 6. The van der Waals surface area contributed by atoms with E-state index in [0.717, 1.165) is 11.3 Å². The van der Waals surface area contributed by atoms with Crippen LogP contribution in [0.5, 0.6) is 0 Å². The molecule has 0 saturated carbocycles. The van der Waals surface area contributed by atoms with Crippen LogP contribution < -0.4 is 5.32 Å². The Morgan fingerprint density at radius 1 is 0.912 bits per heavy atom. The van der Waals surface area contributed by atoms with Crippen molar-refractivity contribution >= 4 is 46.6 Å². The Hall–Kier alpha value is -2.80. The first-order chi connectivity index (χ1) is 16.2. The molecule has 3 aromatic carbocycles. The van der Waals surface area contributed by atoms with Gasteiger partial charge in [0, 0.05) is 11.3 Å². The zero-order chi connectivity index (χ0) is 24.3. The van der Waals surface area contributed by atoms with Crippen molar-refractivity contribution in [2.75, 3.05) is 11.1 Å². The third-order valence-corrected chi connectivity index (χ3v) is 6.79. The van der Waals surface area contributed by atoms with Crippen LogP contribution in [0.25, 0.3) is 17.1 Å². The van der Waals surface area contributed by atoms with Gasteiger partial charge in [-0.2, -0.15) is 0 Å². The number of nitrogens with zero attached hydrogens (tertiary/aromatic N) is 3. The fourth-order valence-electron chi connectivity index (χ4n) is 3.41. The van der Waals surface area contributed by atoms with Crippen molar-refractivity contribution < 1.29 is 4.79 Å². The second kappa shape index (κ2) is 10.2. The lowest BCUT2D eigenvalue weighted by atomic mass is 9.87. The standard InChI is InChI=1S/C26H24Cl2N4OS/c1-26(2,3)17-12-14-18(15-13-17)29-23(33)16-34-25-31-30-24(19-8-4-5-9-20(19)27)32(25)22-11-7-6-10-21(22)28/h4-15H,16H2,1-3H3,(H,29,33). The summed E-state index contributed by atoms with van der Waals surface area (Å²) in [5.74, 6) is 0.576. The summed E-state index contributed by atoms with van der Waals surface area (Å²) in [6.07, 6.45) is 0. The van der Waals surface area contributed by atoms with E-state index in [-0.39, 0.29) is 17.1 Å². The number of anilines is 1. The molecule has 34 heavy (non-hydrogen) atoms. The van der Waals surface area contributed by atoms with Gasteiger partial charge in [-0.3, -0.25) is 9.36 Å². The summed E-state index contributed by atoms with van der Waals surface area (Å²) < 4.78 is 1.83. The van der Waals surface area contributed by atoms with E-state index in [2.05, 4.69) is 36.3 Å². The summed E-state index contributed by atoms with van der Waals surface area (Å²) in [5, 5.41) is 13.3. The number of aromatic nitrogens is 3. The van der Waals surface area contributed by atoms with Crippen LogP contribution in [0.15, 0.2) is 78.0 Å². The fourth-order valence-corrected chi connectivity index (χ4v) is 4.60. The van der Waals surface area contributed by atoms with E-state index in [1.54, 1.807) is 12.1 Å². The number of hydrogen-bond donors (Lipinski definition) is 1. The van der Waals surface area contributed by atoms with Crippen molar-refractivity contribution in [1.82, 2.24) is 14.8 Å². The van der Waals surface area contributed by atoms with Crippen molar-refractivity contribution in [3.63, 3.8) is 0 Å². The van der Waals surface area contributed by atoms with E-state index >= 15 is 0 Å². The van der Waals surface area contributed by atoms with Gasteiger partial charge in [-0.1, -0.05) is 92.1 Å². The number of carbonyl (C=O) groups excluding carboxylic acids is 1. The molecule has 0 spiro atoms. The number of amides is 1. The highest BCUT2D eigenvalue weighted by Gasteiger charge is 2.20. The summed E-state index contributed by atoms with van der Waals surface area (Å²) in [6, 6.07) is 22.8. The van der Waals surface area contributed by atoms with Crippen molar-refractivity contribution in [1.29, 1.82) is 0 Å². The van der Waals surface area contributed by atoms with Gasteiger partial charge in [-0.25, -0.2) is 0 Å². The molecule has 4 rings (SSSR count). The maximum absolute atomic E-state index is 12.7. The number of benzene rings is 3. The summed E-state index contributed by atoms with van der Waals surface area (Å²) >= 11 is 14.2. The van der Waals surface area contributed by atoms with Gasteiger partial charge >= 0.3 is 0 Å². The molecule has 1 heterocycles. The second-order valence-electron chi connectivity index (χ2n) is 8.74. The van der Waals surface area contributed by atoms with E-state index in [4.69, 9.17) is 23.2 Å². The number of hydrogen-bond acceptors (Lipinski definition) is 4. The quantitative estimate of drug-likeness (QED) is 0.277. The van der Waals surface area contributed by atoms with E-state index in [0.29, 0.717) is 26.7 Å². The third-order valence-electron chi connectivity index (χ3n) is 5.21. The fraction of sp³-hybridized carbons (Fsp3) is 0.192. The maximum atomic E-state index is 12.7. The normalized spacial score (nSPS) is 11.4. The number of thioether (sulfide) groups is 1. The highest BCUT2D eigenvalue weighted by atomic mass is 35.5. The van der Waals surface area contributed by atoms with Gasteiger partial charge in [0.05, 0.1) is 21.5 Å². The van der Waals surface area contributed by atoms with Gasteiger partial charge in [-0.05, 0) is 47.4 Å². The Bertz CT molecular complexity index is 1310. The largest absolute Gasteiger partial charge is 0.325 e. The molecule has 8 heteroatoms. The van der Waals surface area contributed by atoms with Gasteiger partial charge in [0.15, 0.2) is 11.0 Å². The zero-order valence-electron chi connectivity index (χ0n) is 19.0. The Morgan fingerprint density at radius 2 is 1.56 bits per heavy atom. The summed E-state index contributed by atoms with van der Waals surface area (Å²) in [5.41, 5.74) is 3.46. The van der Waals surface area contributed by atoms with Gasteiger partial charge < -0.3 is 5.32 Å². The molecule has 0 unspecified atom stereocenters. The molecule has 0 aliphatic carbocycles. The topological polar surface area (TPSA) is 59.8 Å². The van der Waals surface area contributed by atoms with Crippen LogP contribution in [0.2, 0.25) is 10.0 Å². The SMILES string of the molecule is CC(C)(C)c1ccc(NC(=O)CSc2nnc(-c3ccccc3Cl)n2-c2ccccc2Cl)cc1. The van der Waals surface area contributed by atoms with E-state index in [1.165, 1.54) is 17.3 Å². The molecule has 1 amide bonds.